The molecular weight excluding hydrogens is 288 g/mol. The van der Waals surface area contributed by atoms with Crippen molar-refractivity contribution in [1.82, 2.24) is 10.2 Å². The number of benzene rings is 2. The van der Waals surface area contributed by atoms with Crippen LogP contribution in [0.2, 0.25) is 0 Å². The van der Waals surface area contributed by atoms with Crippen molar-refractivity contribution in [3.63, 3.8) is 0 Å². The van der Waals surface area contributed by atoms with Gasteiger partial charge in [-0.15, -0.1) is 0 Å². The van der Waals surface area contributed by atoms with Gasteiger partial charge >= 0.3 is 0 Å². The molecule has 2 aromatic rings. The maximum atomic E-state index is 5.56. The first-order chi connectivity index (χ1) is 11.3. The van der Waals surface area contributed by atoms with Gasteiger partial charge in [0.15, 0.2) is 0 Å². The molecule has 1 N–H and O–H groups in total. The van der Waals surface area contributed by atoms with Crippen LogP contribution in [0, 0.1) is 0 Å². The zero-order chi connectivity index (χ0) is 16.1. The number of rotatable bonds is 5. The molecule has 1 unspecified atom stereocenters. The Labute approximate surface area is 138 Å². The summed E-state index contributed by atoms with van der Waals surface area (Å²) in [4.78, 5) is 2.50. The summed E-state index contributed by atoms with van der Waals surface area (Å²) >= 11 is 0. The Morgan fingerprint density at radius 2 is 1.96 bits per heavy atom. The summed E-state index contributed by atoms with van der Waals surface area (Å²) in [7, 11) is 3.45. The van der Waals surface area contributed by atoms with Crippen molar-refractivity contribution in [2.45, 2.75) is 12.6 Å². The Morgan fingerprint density at radius 1 is 1.09 bits per heavy atom. The Morgan fingerprint density at radius 3 is 2.78 bits per heavy atom. The third-order valence-electron chi connectivity index (χ3n) is 4.37. The first-order valence-corrected chi connectivity index (χ1v) is 8.02. The normalized spacial score (nSPS) is 18.6. The van der Waals surface area contributed by atoms with Crippen LogP contribution >= 0.6 is 0 Å². The highest BCUT2D eigenvalue weighted by Gasteiger charge is 2.26. The van der Waals surface area contributed by atoms with E-state index in [1.807, 2.05) is 18.2 Å². The molecule has 1 aliphatic heterocycles. The van der Waals surface area contributed by atoms with Gasteiger partial charge in [0.25, 0.3) is 0 Å². The van der Waals surface area contributed by atoms with E-state index < -0.39 is 0 Å². The van der Waals surface area contributed by atoms with E-state index in [4.69, 9.17) is 9.47 Å². The average molecular weight is 312 g/mol. The number of methoxy groups -OCH3 is 2. The second kappa shape index (κ2) is 7.49. The molecule has 0 aliphatic carbocycles. The summed E-state index contributed by atoms with van der Waals surface area (Å²) in [6, 6.07) is 16.9. The fourth-order valence-corrected chi connectivity index (χ4v) is 3.19. The van der Waals surface area contributed by atoms with Gasteiger partial charge in [-0.2, -0.15) is 0 Å². The number of nitrogens with zero attached hydrogens (tertiary/aromatic N) is 1. The number of para-hydroxylation sites is 1. The standard InChI is InChI=1S/C19H24N2O2/c1-22-16-7-5-6-15(12-16)14-21-11-10-20-13-18(21)17-8-3-4-9-19(17)23-2/h3-9,12,18,20H,10-11,13-14H2,1-2H3. The first kappa shape index (κ1) is 15.8. The summed E-state index contributed by atoms with van der Waals surface area (Å²) in [6.45, 7) is 3.86. The lowest BCUT2D eigenvalue weighted by molar-refractivity contribution is 0.151. The molecule has 4 nitrogen and oxygen atoms in total. The average Bonchev–Trinajstić information content (AvgIpc) is 2.62. The minimum absolute atomic E-state index is 0.311. The molecule has 0 saturated carbocycles. The maximum absolute atomic E-state index is 5.56. The van der Waals surface area contributed by atoms with Gasteiger partial charge in [-0.3, -0.25) is 4.90 Å². The number of hydrogen-bond donors (Lipinski definition) is 1. The molecule has 0 bridgehead atoms. The van der Waals surface area contributed by atoms with Gasteiger partial charge in [0, 0.05) is 31.7 Å². The van der Waals surface area contributed by atoms with E-state index in [0.717, 1.165) is 37.7 Å². The van der Waals surface area contributed by atoms with Crippen molar-refractivity contribution in [2.24, 2.45) is 0 Å². The molecule has 2 aromatic carbocycles. The van der Waals surface area contributed by atoms with Gasteiger partial charge < -0.3 is 14.8 Å². The van der Waals surface area contributed by atoms with Crippen LogP contribution in [-0.4, -0.2) is 38.8 Å². The third kappa shape index (κ3) is 3.66. The maximum Gasteiger partial charge on any atom is 0.123 e. The highest BCUT2D eigenvalue weighted by atomic mass is 16.5. The highest BCUT2D eigenvalue weighted by Crippen LogP contribution is 2.31. The highest BCUT2D eigenvalue weighted by molar-refractivity contribution is 5.37. The fourth-order valence-electron chi connectivity index (χ4n) is 3.19. The number of ether oxygens (including phenoxy) is 2. The van der Waals surface area contributed by atoms with Gasteiger partial charge in [-0.25, -0.2) is 0 Å². The Hall–Kier alpha value is -2.04. The van der Waals surface area contributed by atoms with Crippen molar-refractivity contribution in [2.75, 3.05) is 33.9 Å². The SMILES string of the molecule is COc1cccc(CN2CCNCC2c2ccccc2OC)c1. The minimum Gasteiger partial charge on any atom is -0.497 e. The Balaban J connectivity index is 1.83. The molecular formula is C19H24N2O2. The quantitative estimate of drug-likeness (QED) is 0.920. The number of hydrogen-bond acceptors (Lipinski definition) is 4. The molecule has 3 rings (SSSR count). The molecule has 1 saturated heterocycles. The lowest BCUT2D eigenvalue weighted by atomic mass is 10.0. The molecule has 4 heteroatoms. The predicted molar refractivity (Wildman–Crippen MR) is 92.0 cm³/mol. The van der Waals surface area contributed by atoms with Gasteiger partial charge in [0.2, 0.25) is 0 Å². The lowest BCUT2D eigenvalue weighted by Crippen LogP contribution is -2.45. The zero-order valence-electron chi connectivity index (χ0n) is 13.8. The molecule has 0 aromatic heterocycles. The predicted octanol–water partition coefficient (Wildman–Crippen LogP) is 2.85. The summed E-state index contributed by atoms with van der Waals surface area (Å²) in [6.07, 6.45) is 0. The van der Waals surface area contributed by atoms with E-state index in [1.54, 1.807) is 14.2 Å². The van der Waals surface area contributed by atoms with Crippen molar-refractivity contribution < 1.29 is 9.47 Å². The molecule has 1 atom stereocenters. The van der Waals surface area contributed by atoms with Crippen molar-refractivity contribution >= 4 is 0 Å². The summed E-state index contributed by atoms with van der Waals surface area (Å²) < 4.78 is 10.9. The van der Waals surface area contributed by atoms with Crippen LogP contribution in [0.3, 0.4) is 0 Å². The minimum atomic E-state index is 0.311. The summed E-state index contributed by atoms with van der Waals surface area (Å²) in [5.74, 6) is 1.86. The van der Waals surface area contributed by atoms with E-state index >= 15 is 0 Å². The summed E-state index contributed by atoms with van der Waals surface area (Å²) in [5, 5.41) is 3.50. The van der Waals surface area contributed by atoms with Crippen LogP contribution in [0.15, 0.2) is 48.5 Å². The molecule has 23 heavy (non-hydrogen) atoms. The van der Waals surface area contributed by atoms with Gasteiger partial charge in [0.1, 0.15) is 11.5 Å². The van der Waals surface area contributed by atoms with Crippen molar-refractivity contribution in [3.8, 4) is 11.5 Å². The van der Waals surface area contributed by atoms with Crippen LogP contribution in [0.5, 0.6) is 11.5 Å². The van der Waals surface area contributed by atoms with E-state index in [1.165, 1.54) is 11.1 Å². The molecule has 0 spiro atoms. The molecule has 1 heterocycles. The number of piperazine rings is 1. The van der Waals surface area contributed by atoms with Gasteiger partial charge in [-0.05, 0) is 23.8 Å². The van der Waals surface area contributed by atoms with E-state index in [2.05, 4.69) is 40.5 Å². The lowest BCUT2D eigenvalue weighted by Gasteiger charge is -2.37. The zero-order valence-corrected chi connectivity index (χ0v) is 13.8. The smallest absolute Gasteiger partial charge is 0.123 e. The first-order valence-electron chi connectivity index (χ1n) is 8.02. The van der Waals surface area contributed by atoms with E-state index in [-0.39, 0.29) is 0 Å². The molecule has 1 aliphatic rings. The summed E-state index contributed by atoms with van der Waals surface area (Å²) in [5.41, 5.74) is 2.51. The van der Waals surface area contributed by atoms with Crippen molar-refractivity contribution in [3.05, 3.63) is 59.7 Å². The second-order valence-corrected chi connectivity index (χ2v) is 5.78. The second-order valence-electron chi connectivity index (χ2n) is 5.78. The van der Waals surface area contributed by atoms with Crippen LogP contribution in [-0.2, 0) is 6.54 Å². The Bertz CT molecular complexity index is 645. The Kier molecular flexibility index (Phi) is 5.16. The van der Waals surface area contributed by atoms with Crippen LogP contribution in [0.1, 0.15) is 17.2 Å². The topological polar surface area (TPSA) is 33.7 Å². The van der Waals surface area contributed by atoms with Gasteiger partial charge in [0.05, 0.1) is 20.3 Å². The third-order valence-corrected chi connectivity index (χ3v) is 4.37. The fraction of sp³-hybridized carbons (Fsp3) is 0.368. The molecule has 0 radical (unpaired) electrons. The van der Waals surface area contributed by atoms with E-state index in [9.17, 15) is 0 Å². The number of nitrogens with one attached hydrogen (secondary N) is 1. The molecule has 0 amide bonds. The van der Waals surface area contributed by atoms with Gasteiger partial charge in [-0.1, -0.05) is 30.3 Å². The molecule has 122 valence electrons. The van der Waals surface area contributed by atoms with Crippen molar-refractivity contribution in [1.29, 1.82) is 0 Å². The van der Waals surface area contributed by atoms with Crippen LogP contribution in [0.4, 0.5) is 0 Å². The molecule has 1 fully saturated rings. The van der Waals surface area contributed by atoms with Crippen LogP contribution in [0.25, 0.3) is 0 Å². The monoisotopic (exact) mass is 312 g/mol. The largest absolute Gasteiger partial charge is 0.497 e. The van der Waals surface area contributed by atoms with E-state index in [0.29, 0.717) is 6.04 Å². The van der Waals surface area contributed by atoms with Crippen LogP contribution < -0.4 is 14.8 Å².